The summed E-state index contributed by atoms with van der Waals surface area (Å²) in [6, 6.07) is 11.5. The summed E-state index contributed by atoms with van der Waals surface area (Å²) < 4.78 is 7.28. The molecule has 1 saturated heterocycles. The minimum atomic E-state index is -1.82. The average molecular weight is 403 g/mol. The second-order valence-electron chi connectivity index (χ2n) is 6.52. The van der Waals surface area contributed by atoms with Gasteiger partial charge in [-0.05, 0) is 36.4 Å². The van der Waals surface area contributed by atoms with Crippen molar-refractivity contribution in [2.75, 3.05) is 33.3 Å². The number of carbonyl (C=O) groups is 3. The maximum absolute atomic E-state index is 12.5. The molecule has 0 spiro atoms. The molecule has 2 aromatic rings. The van der Waals surface area contributed by atoms with E-state index < -0.39 is 11.9 Å². The second kappa shape index (κ2) is 10.3. The van der Waals surface area contributed by atoms with Gasteiger partial charge in [0.1, 0.15) is 5.75 Å². The molecule has 1 aliphatic heterocycles. The molecule has 9 nitrogen and oxygen atoms in total. The van der Waals surface area contributed by atoms with E-state index in [1.807, 2.05) is 29.2 Å². The molecule has 1 aromatic heterocycles. The van der Waals surface area contributed by atoms with Crippen molar-refractivity contribution < 1.29 is 29.3 Å². The van der Waals surface area contributed by atoms with E-state index in [4.69, 9.17) is 24.5 Å². The molecule has 2 heterocycles. The minimum Gasteiger partial charge on any atom is -0.497 e. The Hall–Kier alpha value is -3.33. The highest BCUT2D eigenvalue weighted by atomic mass is 16.5. The van der Waals surface area contributed by atoms with E-state index in [1.165, 1.54) is 5.69 Å². The molecule has 0 radical (unpaired) electrons. The van der Waals surface area contributed by atoms with Gasteiger partial charge in [-0.15, -0.1) is 0 Å². The lowest BCUT2D eigenvalue weighted by Gasteiger charge is -2.34. The zero-order valence-electron chi connectivity index (χ0n) is 16.4. The summed E-state index contributed by atoms with van der Waals surface area (Å²) in [4.78, 5) is 35.1. The van der Waals surface area contributed by atoms with E-state index in [2.05, 4.69) is 34.8 Å². The molecule has 1 fully saturated rings. The van der Waals surface area contributed by atoms with Gasteiger partial charge in [0.05, 0.1) is 7.11 Å². The smallest absolute Gasteiger partial charge is 0.414 e. The molecule has 1 aromatic carbocycles. The van der Waals surface area contributed by atoms with E-state index in [0.717, 1.165) is 44.0 Å². The van der Waals surface area contributed by atoms with Gasteiger partial charge in [-0.1, -0.05) is 0 Å². The lowest BCUT2D eigenvalue weighted by atomic mass is 10.1. The topological polar surface area (TPSA) is 112 Å². The van der Waals surface area contributed by atoms with Gasteiger partial charge in [-0.25, -0.2) is 9.59 Å². The second-order valence-corrected chi connectivity index (χ2v) is 6.52. The molecule has 9 heteroatoms. The van der Waals surface area contributed by atoms with E-state index in [0.29, 0.717) is 0 Å². The monoisotopic (exact) mass is 403 g/mol. The van der Waals surface area contributed by atoms with Crippen LogP contribution in [0.5, 0.6) is 5.75 Å². The van der Waals surface area contributed by atoms with Crippen molar-refractivity contribution in [3.05, 3.63) is 53.9 Å². The van der Waals surface area contributed by atoms with Crippen molar-refractivity contribution in [1.82, 2.24) is 14.4 Å². The summed E-state index contributed by atoms with van der Waals surface area (Å²) in [6.07, 6.45) is 2.07. The zero-order valence-corrected chi connectivity index (χ0v) is 16.4. The van der Waals surface area contributed by atoms with Crippen LogP contribution >= 0.6 is 0 Å². The lowest BCUT2D eigenvalue weighted by Crippen LogP contribution is -2.48. The Balaban J connectivity index is 0.000000438. The first kappa shape index (κ1) is 22.0. The number of rotatable bonds is 4. The molecule has 0 aliphatic carbocycles. The van der Waals surface area contributed by atoms with Crippen LogP contribution < -0.4 is 4.74 Å². The molecule has 1 amide bonds. The van der Waals surface area contributed by atoms with Crippen molar-refractivity contribution in [2.45, 2.75) is 6.54 Å². The Morgan fingerprint density at radius 1 is 0.966 bits per heavy atom. The summed E-state index contributed by atoms with van der Waals surface area (Å²) >= 11 is 0. The van der Waals surface area contributed by atoms with Gasteiger partial charge in [-0.2, -0.15) is 0 Å². The van der Waals surface area contributed by atoms with Crippen molar-refractivity contribution >= 4 is 17.8 Å². The summed E-state index contributed by atoms with van der Waals surface area (Å²) in [6.45, 7) is 4.30. The van der Waals surface area contributed by atoms with Crippen molar-refractivity contribution in [1.29, 1.82) is 0 Å². The first-order valence-electron chi connectivity index (χ1n) is 9.04. The summed E-state index contributed by atoms with van der Waals surface area (Å²) in [5, 5.41) is 14.8. The Morgan fingerprint density at radius 3 is 2.00 bits per heavy atom. The van der Waals surface area contributed by atoms with E-state index in [1.54, 1.807) is 7.11 Å². The lowest BCUT2D eigenvalue weighted by molar-refractivity contribution is -0.159. The van der Waals surface area contributed by atoms with Crippen molar-refractivity contribution in [3.63, 3.8) is 0 Å². The number of amides is 1. The van der Waals surface area contributed by atoms with Crippen LogP contribution in [0, 0.1) is 0 Å². The highest BCUT2D eigenvalue weighted by Gasteiger charge is 2.22. The largest absolute Gasteiger partial charge is 0.497 e. The molecular formula is C20H25N3O6. The number of aromatic nitrogens is 1. The number of hydrogen-bond acceptors (Lipinski definition) is 5. The van der Waals surface area contributed by atoms with Crippen LogP contribution in [0.4, 0.5) is 0 Å². The van der Waals surface area contributed by atoms with Gasteiger partial charge in [0.15, 0.2) is 0 Å². The van der Waals surface area contributed by atoms with Crippen LogP contribution in [0.15, 0.2) is 42.6 Å². The number of nitrogens with zero attached hydrogens (tertiary/aromatic N) is 3. The number of aliphatic carboxylic acids is 2. The molecule has 0 saturated carbocycles. The SMILES string of the molecule is COc1ccc(C(=O)N2CCN(Cc3cccn3C)CC2)cc1.O=C(O)C(=O)O. The number of aryl methyl sites for hydroxylation is 1. The number of methoxy groups -OCH3 is 1. The van der Waals surface area contributed by atoms with Gasteiger partial charge >= 0.3 is 11.9 Å². The van der Waals surface area contributed by atoms with Gasteiger partial charge in [0, 0.05) is 57.2 Å². The Bertz CT molecular complexity index is 826. The van der Waals surface area contributed by atoms with E-state index >= 15 is 0 Å². The standard InChI is InChI=1S/C18H23N3O2.C2H2O4/c1-19-9-3-4-16(19)14-20-10-12-21(13-11-20)18(22)15-5-7-17(23-2)8-6-15;3-1(4)2(5)6/h3-9H,10-14H2,1-2H3;(H,3,4)(H,5,6). The fourth-order valence-corrected chi connectivity index (χ4v) is 2.92. The summed E-state index contributed by atoms with van der Waals surface area (Å²) in [5.41, 5.74) is 2.03. The molecule has 0 bridgehead atoms. The molecule has 2 N–H and O–H groups in total. The third kappa shape index (κ3) is 6.35. The van der Waals surface area contributed by atoms with Gasteiger partial charge in [0.25, 0.3) is 5.91 Å². The normalized spacial score (nSPS) is 13.9. The summed E-state index contributed by atoms with van der Waals surface area (Å²) in [7, 11) is 3.70. The molecule has 29 heavy (non-hydrogen) atoms. The molecule has 0 atom stereocenters. The van der Waals surface area contributed by atoms with Crippen LogP contribution in [0.2, 0.25) is 0 Å². The predicted octanol–water partition coefficient (Wildman–Crippen LogP) is 1.15. The van der Waals surface area contributed by atoms with Gasteiger partial charge in [0.2, 0.25) is 0 Å². The van der Waals surface area contributed by atoms with Crippen LogP contribution in [0.3, 0.4) is 0 Å². The molecule has 0 unspecified atom stereocenters. The van der Waals surface area contributed by atoms with E-state index in [-0.39, 0.29) is 5.91 Å². The van der Waals surface area contributed by atoms with Crippen LogP contribution in [-0.2, 0) is 23.2 Å². The number of carboxylic acid groups (broad SMARTS) is 2. The van der Waals surface area contributed by atoms with Crippen molar-refractivity contribution in [2.24, 2.45) is 7.05 Å². The summed E-state index contributed by atoms with van der Waals surface area (Å²) in [5.74, 6) is -2.77. The molecule has 1 aliphatic rings. The first-order chi connectivity index (χ1) is 13.8. The zero-order chi connectivity index (χ0) is 21.4. The van der Waals surface area contributed by atoms with E-state index in [9.17, 15) is 4.79 Å². The van der Waals surface area contributed by atoms with Crippen LogP contribution in [-0.4, -0.2) is 75.7 Å². The van der Waals surface area contributed by atoms with Gasteiger partial charge in [-0.3, -0.25) is 9.69 Å². The first-order valence-corrected chi connectivity index (χ1v) is 9.04. The maximum atomic E-state index is 12.5. The molecule has 3 rings (SSSR count). The number of carboxylic acids is 2. The number of ether oxygens (including phenoxy) is 1. The minimum absolute atomic E-state index is 0.103. The quantitative estimate of drug-likeness (QED) is 0.737. The number of hydrogen-bond donors (Lipinski definition) is 2. The number of piperazine rings is 1. The highest BCUT2D eigenvalue weighted by molar-refractivity contribution is 6.27. The predicted molar refractivity (Wildman–Crippen MR) is 105 cm³/mol. The highest BCUT2D eigenvalue weighted by Crippen LogP contribution is 2.15. The molecule has 156 valence electrons. The Morgan fingerprint density at radius 2 is 1.55 bits per heavy atom. The fraction of sp³-hybridized carbons (Fsp3) is 0.350. The number of benzene rings is 1. The third-order valence-electron chi connectivity index (χ3n) is 4.62. The molecular weight excluding hydrogens is 378 g/mol. The number of carbonyl (C=O) groups excluding carboxylic acids is 1. The maximum Gasteiger partial charge on any atom is 0.414 e. The fourth-order valence-electron chi connectivity index (χ4n) is 2.92. The average Bonchev–Trinajstić information content (AvgIpc) is 3.13. The van der Waals surface area contributed by atoms with Crippen molar-refractivity contribution in [3.8, 4) is 5.75 Å². The Kier molecular flexibility index (Phi) is 7.79. The van der Waals surface area contributed by atoms with Crippen LogP contribution in [0.1, 0.15) is 16.1 Å². The third-order valence-corrected chi connectivity index (χ3v) is 4.62. The Labute approximate surface area is 168 Å². The van der Waals surface area contributed by atoms with Gasteiger partial charge < -0.3 is 24.4 Å². The van der Waals surface area contributed by atoms with Crippen LogP contribution in [0.25, 0.3) is 0 Å².